The van der Waals surface area contributed by atoms with E-state index in [2.05, 4.69) is 15.1 Å². The van der Waals surface area contributed by atoms with Gasteiger partial charge in [0.05, 0.1) is 0 Å². The van der Waals surface area contributed by atoms with Crippen LogP contribution in [0.5, 0.6) is 0 Å². The van der Waals surface area contributed by atoms with E-state index in [4.69, 9.17) is 4.42 Å². The molecule has 0 saturated heterocycles. The molecule has 0 aliphatic rings. The third kappa shape index (κ3) is 1.50. The van der Waals surface area contributed by atoms with Crippen molar-refractivity contribution in [2.75, 3.05) is 0 Å². The molecule has 6 heteroatoms. The molecule has 3 rings (SSSR count). The Labute approximate surface area is 95.5 Å². The monoisotopic (exact) mass is 228 g/mol. The number of fused-ring (bicyclic) bond motifs is 1. The maximum atomic E-state index is 11.8. The molecule has 84 valence electrons. The molecule has 0 spiro atoms. The topological polar surface area (TPSA) is 73.8 Å². The number of aromatic nitrogens is 4. The average molecular weight is 228 g/mol. The van der Waals surface area contributed by atoms with Gasteiger partial charge in [-0.25, -0.2) is 14.6 Å². The summed E-state index contributed by atoms with van der Waals surface area (Å²) in [4.78, 5) is 20.1. The number of oxazole rings is 1. The minimum atomic E-state index is -0.251. The molecule has 0 radical (unpaired) electrons. The minimum absolute atomic E-state index is 0.251. The van der Waals surface area contributed by atoms with Crippen molar-refractivity contribution in [2.24, 2.45) is 7.05 Å². The second kappa shape index (κ2) is 3.51. The van der Waals surface area contributed by atoms with Gasteiger partial charge in [0.1, 0.15) is 11.1 Å². The summed E-state index contributed by atoms with van der Waals surface area (Å²) in [5, 5.41) is 3.84. The van der Waals surface area contributed by atoms with E-state index in [0.29, 0.717) is 16.8 Å². The average Bonchev–Trinajstić information content (AvgIpc) is 2.76. The van der Waals surface area contributed by atoms with Crippen molar-refractivity contribution in [3.05, 3.63) is 40.9 Å². The summed E-state index contributed by atoms with van der Waals surface area (Å²) in [6.07, 6.45) is 3.14. The summed E-state index contributed by atoms with van der Waals surface area (Å²) in [6.45, 7) is 0. The smallest absolute Gasteiger partial charge is 0.279 e. The molecule has 0 fully saturated rings. The molecular weight excluding hydrogens is 220 g/mol. The summed E-state index contributed by atoms with van der Waals surface area (Å²) in [6, 6.07) is 5.12. The first-order valence-electron chi connectivity index (χ1n) is 5.00. The van der Waals surface area contributed by atoms with Gasteiger partial charge in [0, 0.05) is 19.4 Å². The number of rotatable bonds is 1. The van der Waals surface area contributed by atoms with Crippen LogP contribution >= 0.6 is 0 Å². The standard InChI is InChI=1S/C11H8N4O2/c1-15-11(16)7(4-6-13-15)9-14-8-3-2-5-12-10(8)17-9/h2-6H,1H3. The maximum absolute atomic E-state index is 11.8. The van der Waals surface area contributed by atoms with Gasteiger partial charge in [-0.05, 0) is 18.2 Å². The number of hydrogen-bond donors (Lipinski definition) is 0. The van der Waals surface area contributed by atoms with E-state index in [1.165, 1.54) is 10.9 Å². The summed E-state index contributed by atoms with van der Waals surface area (Å²) < 4.78 is 6.66. The Bertz CT molecular complexity index is 711. The highest BCUT2D eigenvalue weighted by Gasteiger charge is 2.12. The molecule has 0 N–H and O–H groups in total. The second-order valence-electron chi connectivity index (χ2n) is 3.52. The second-order valence-corrected chi connectivity index (χ2v) is 3.52. The zero-order valence-electron chi connectivity index (χ0n) is 8.99. The zero-order chi connectivity index (χ0) is 11.8. The van der Waals surface area contributed by atoms with E-state index < -0.39 is 0 Å². The number of nitrogens with zero attached hydrogens (tertiary/aromatic N) is 4. The summed E-state index contributed by atoms with van der Waals surface area (Å²) in [5.74, 6) is 0.265. The van der Waals surface area contributed by atoms with E-state index in [0.717, 1.165) is 0 Å². The molecule has 0 aliphatic heterocycles. The molecule has 17 heavy (non-hydrogen) atoms. The first kappa shape index (κ1) is 9.71. The molecular formula is C11H8N4O2. The van der Waals surface area contributed by atoms with Crippen LogP contribution in [0.4, 0.5) is 0 Å². The van der Waals surface area contributed by atoms with Crippen LogP contribution in [0.1, 0.15) is 0 Å². The van der Waals surface area contributed by atoms with Crippen LogP contribution in [-0.4, -0.2) is 19.7 Å². The van der Waals surface area contributed by atoms with E-state index in [1.807, 2.05) is 0 Å². The predicted molar refractivity (Wildman–Crippen MR) is 60.3 cm³/mol. The highest BCUT2D eigenvalue weighted by molar-refractivity contribution is 5.71. The predicted octanol–water partition coefficient (Wildman–Crippen LogP) is 0.983. The van der Waals surface area contributed by atoms with E-state index in [9.17, 15) is 4.79 Å². The number of pyridine rings is 1. The Morgan fingerprint density at radius 2 is 2.18 bits per heavy atom. The first-order valence-corrected chi connectivity index (χ1v) is 5.00. The third-order valence-corrected chi connectivity index (χ3v) is 2.40. The Morgan fingerprint density at radius 3 is 3.00 bits per heavy atom. The third-order valence-electron chi connectivity index (χ3n) is 2.40. The van der Waals surface area contributed by atoms with Crippen LogP contribution in [-0.2, 0) is 7.05 Å². The highest BCUT2D eigenvalue weighted by Crippen LogP contribution is 2.19. The molecule has 0 amide bonds. The van der Waals surface area contributed by atoms with Crippen LogP contribution < -0.4 is 5.56 Å². The van der Waals surface area contributed by atoms with Crippen molar-refractivity contribution in [3.63, 3.8) is 0 Å². The zero-order valence-corrected chi connectivity index (χ0v) is 8.99. The number of aryl methyl sites for hydroxylation is 1. The lowest BCUT2D eigenvalue weighted by molar-refractivity contribution is 0.602. The summed E-state index contributed by atoms with van der Waals surface area (Å²) >= 11 is 0. The molecule has 6 nitrogen and oxygen atoms in total. The van der Waals surface area contributed by atoms with Crippen molar-refractivity contribution >= 4 is 11.2 Å². The Kier molecular flexibility index (Phi) is 2.01. The van der Waals surface area contributed by atoms with Gasteiger partial charge in [0.25, 0.3) is 5.56 Å². The Morgan fingerprint density at radius 1 is 1.29 bits per heavy atom. The van der Waals surface area contributed by atoms with Crippen LogP contribution in [0.3, 0.4) is 0 Å². The highest BCUT2D eigenvalue weighted by atomic mass is 16.4. The fourth-order valence-electron chi connectivity index (χ4n) is 1.55. The first-order chi connectivity index (χ1) is 8.25. The van der Waals surface area contributed by atoms with Gasteiger partial charge in [-0.15, -0.1) is 0 Å². The molecule has 3 heterocycles. The summed E-state index contributed by atoms with van der Waals surface area (Å²) in [5.41, 5.74) is 1.17. The van der Waals surface area contributed by atoms with Gasteiger partial charge < -0.3 is 4.42 Å². The fraction of sp³-hybridized carbons (Fsp3) is 0.0909. The molecule has 0 aromatic carbocycles. The SMILES string of the molecule is Cn1nccc(-c2nc3cccnc3o2)c1=O. The molecule has 3 aromatic rings. The van der Waals surface area contributed by atoms with Crippen LogP contribution in [0.25, 0.3) is 22.7 Å². The molecule has 0 aliphatic carbocycles. The van der Waals surface area contributed by atoms with Gasteiger partial charge in [0.2, 0.25) is 11.6 Å². The molecule has 3 aromatic heterocycles. The summed E-state index contributed by atoms with van der Waals surface area (Å²) in [7, 11) is 1.58. The maximum Gasteiger partial charge on any atom is 0.279 e. The van der Waals surface area contributed by atoms with Gasteiger partial charge in [-0.1, -0.05) is 0 Å². The Hall–Kier alpha value is -2.50. The lowest BCUT2D eigenvalue weighted by Gasteiger charge is -1.96. The quantitative estimate of drug-likeness (QED) is 0.620. The minimum Gasteiger partial charge on any atom is -0.417 e. The van der Waals surface area contributed by atoms with Crippen LogP contribution in [0.2, 0.25) is 0 Å². The lowest BCUT2D eigenvalue weighted by atomic mass is 10.3. The Balaban J connectivity index is 2.28. The fourth-order valence-corrected chi connectivity index (χ4v) is 1.55. The molecule has 0 bridgehead atoms. The van der Waals surface area contributed by atoms with Crippen molar-refractivity contribution < 1.29 is 4.42 Å². The van der Waals surface area contributed by atoms with E-state index in [1.54, 1.807) is 31.4 Å². The van der Waals surface area contributed by atoms with Crippen LogP contribution in [0, 0.1) is 0 Å². The molecule has 0 unspecified atom stereocenters. The van der Waals surface area contributed by atoms with Gasteiger partial charge >= 0.3 is 0 Å². The van der Waals surface area contributed by atoms with Crippen molar-refractivity contribution in [1.82, 2.24) is 19.7 Å². The lowest BCUT2D eigenvalue weighted by Crippen LogP contribution is -2.20. The van der Waals surface area contributed by atoms with E-state index >= 15 is 0 Å². The normalized spacial score (nSPS) is 10.9. The largest absolute Gasteiger partial charge is 0.417 e. The molecule has 0 saturated carbocycles. The van der Waals surface area contributed by atoms with Gasteiger partial charge in [-0.3, -0.25) is 4.79 Å². The van der Waals surface area contributed by atoms with Crippen LogP contribution in [0.15, 0.2) is 39.8 Å². The molecule has 0 atom stereocenters. The van der Waals surface area contributed by atoms with Crippen molar-refractivity contribution in [2.45, 2.75) is 0 Å². The van der Waals surface area contributed by atoms with Gasteiger partial charge in [0.15, 0.2) is 0 Å². The van der Waals surface area contributed by atoms with Crippen molar-refractivity contribution in [1.29, 1.82) is 0 Å². The van der Waals surface area contributed by atoms with Crippen molar-refractivity contribution in [3.8, 4) is 11.5 Å². The number of hydrogen-bond acceptors (Lipinski definition) is 5. The van der Waals surface area contributed by atoms with Gasteiger partial charge in [-0.2, -0.15) is 5.10 Å². The van der Waals surface area contributed by atoms with E-state index in [-0.39, 0.29) is 11.4 Å².